The molecule has 0 amide bonds. The number of aromatic nitrogens is 2. The van der Waals surface area contributed by atoms with Crippen LogP contribution in [0.3, 0.4) is 0 Å². The van der Waals surface area contributed by atoms with Crippen LogP contribution in [0.5, 0.6) is 0 Å². The zero-order valence-electron chi connectivity index (χ0n) is 10.3. The standard InChI is InChI=1S/C12H14N2O3S/c1-3-17-11(15)8-18(16)12-13-9-6-4-5-7-10(9)14(12)2/h4-7H,3,8H2,1-2H3/t18-/m0/s1. The van der Waals surface area contributed by atoms with Gasteiger partial charge in [-0.15, -0.1) is 0 Å². The van der Waals surface area contributed by atoms with E-state index < -0.39 is 16.8 Å². The monoisotopic (exact) mass is 266 g/mol. The molecule has 1 atom stereocenters. The van der Waals surface area contributed by atoms with Crippen molar-refractivity contribution in [1.82, 2.24) is 9.55 Å². The predicted molar refractivity (Wildman–Crippen MR) is 68.6 cm³/mol. The first-order valence-corrected chi connectivity index (χ1v) is 6.90. The molecule has 0 aliphatic carbocycles. The van der Waals surface area contributed by atoms with Crippen molar-refractivity contribution in [3.05, 3.63) is 24.3 Å². The molecule has 0 saturated heterocycles. The summed E-state index contributed by atoms with van der Waals surface area (Å²) in [5.41, 5.74) is 1.66. The summed E-state index contributed by atoms with van der Waals surface area (Å²) < 4.78 is 18.6. The van der Waals surface area contributed by atoms with Gasteiger partial charge in [-0.25, -0.2) is 4.98 Å². The Kier molecular flexibility index (Phi) is 3.76. The number of carbonyl (C=O) groups is 1. The van der Waals surface area contributed by atoms with Gasteiger partial charge in [-0.1, -0.05) is 12.1 Å². The Morgan fingerprint density at radius 3 is 2.83 bits per heavy atom. The molecule has 0 radical (unpaired) electrons. The molecule has 18 heavy (non-hydrogen) atoms. The number of rotatable bonds is 4. The Hall–Kier alpha value is -1.69. The van der Waals surface area contributed by atoms with Gasteiger partial charge in [-0.2, -0.15) is 0 Å². The highest BCUT2D eigenvalue weighted by molar-refractivity contribution is 7.85. The molecule has 0 fully saturated rings. The van der Waals surface area contributed by atoms with E-state index in [2.05, 4.69) is 4.98 Å². The van der Waals surface area contributed by atoms with Crippen LogP contribution in [-0.2, 0) is 27.4 Å². The number of benzene rings is 1. The number of esters is 1. The van der Waals surface area contributed by atoms with Crippen LogP contribution in [0, 0.1) is 0 Å². The molecule has 0 bridgehead atoms. The summed E-state index contributed by atoms with van der Waals surface area (Å²) in [7, 11) is 0.304. The third-order valence-electron chi connectivity index (χ3n) is 2.50. The zero-order valence-corrected chi connectivity index (χ0v) is 11.1. The molecule has 2 rings (SSSR count). The van der Waals surface area contributed by atoms with Gasteiger partial charge in [0.05, 0.1) is 17.6 Å². The second-order valence-corrected chi connectivity index (χ2v) is 5.08. The molecule has 1 heterocycles. The number of imidazole rings is 1. The van der Waals surface area contributed by atoms with Crippen molar-refractivity contribution in [2.75, 3.05) is 12.4 Å². The van der Waals surface area contributed by atoms with Gasteiger partial charge < -0.3 is 9.30 Å². The van der Waals surface area contributed by atoms with Crippen LogP contribution in [-0.4, -0.2) is 32.1 Å². The zero-order chi connectivity index (χ0) is 13.1. The Morgan fingerprint density at radius 1 is 1.44 bits per heavy atom. The average molecular weight is 266 g/mol. The van der Waals surface area contributed by atoms with E-state index in [4.69, 9.17) is 4.74 Å². The van der Waals surface area contributed by atoms with Crippen LogP contribution >= 0.6 is 0 Å². The van der Waals surface area contributed by atoms with Crippen molar-refractivity contribution in [2.45, 2.75) is 12.1 Å². The minimum Gasteiger partial charge on any atom is -0.465 e. The van der Waals surface area contributed by atoms with Crippen molar-refractivity contribution in [3.63, 3.8) is 0 Å². The highest BCUT2D eigenvalue weighted by Gasteiger charge is 2.17. The molecule has 1 aromatic heterocycles. The van der Waals surface area contributed by atoms with Crippen LogP contribution in [0.1, 0.15) is 6.92 Å². The predicted octanol–water partition coefficient (Wildman–Crippen LogP) is 1.24. The second kappa shape index (κ2) is 5.30. The first kappa shape index (κ1) is 12.8. The van der Waals surface area contributed by atoms with Crippen molar-refractivity contribution >= 4 is 27.8 Å². The molecular formula is C12H14N2O3S. The summed E-state index contributed by atoms with van der Waals surface area (Å²) in [6, 6.07) is 7.50. The molecule has 2 aromatic rings. The Morgan fingerprint density at radius 2 is 2.17 bits per heavy atom. The van der Waals surface area contributed by atoms with Crippen LogP contribution in [0.2, 0.25) is 0 Å². The molecule has 6 heteroatoms. The van der Waals surface area contributed by atoms with Gasteiger partial charge in [0.1, 0.15) is 16.6 Å². The summed E-state index contributed by atoms with van der Waals surface area (Å²) in [5.74, 6) is -0.631. The van der Waals surface area contributed by atoms with Crippen LogP contribution in [0.4, 0.5) is 0 Å². The lowest BCUT2D eigenvalue weighted by Crippen LogP contribution is -2.16. The molecule has 0 unspecified atom stereocenters. The Bertz CT molecular complexity index is 606. The van der Waals surface area contributed by atoms with E-state index in [-0.39, 0.29) is 5.75 Å². The lowest BCUT2D eigenvalue weighted by atomic mass is 10.3. The lowest BCUT2D eigenvalue weighted by Gasteiger charge is -2.02. The summed E-state index contributed by atoms with van der Waals surface area (Å²) in [6.07, 6.45) is 0. The fourth-order valence-electron chi connectivity index (χ4n) is 1.70. The number of hydrogen-bond acceptors (Lipinski definition) is 4. The molecule has 0 N–H and O–H groups in total. The Labute approximate surface area is 107 Å². The van der Waals surface area contributed by atoms with Crippen molar-refractivity contribution in [1.29, 1.82) is 0 Å². The van der Waals surface area contributed by atoms with Crippen molar-refractivity contribution < 1.29 is 13.7 Å². The van der Waals surface area contributed by atoms with Gasteiger partial charge in [-0.05, 0) is 19.1 Å². The summed E-state index contributed by atoms with van der Waals surface area (Å²) in [5, 5.41) is 0.393. The SMILES string of the molecule is CCOC(=O)C[S@](=O)c1nc2ccccc2n1C. The molecular weight excluding hydrogens is 252 g/mol. The van der Waals surface area contributed by atoms with Crippen LogP contribution < -0.4 is 0 Å². The molecule has 5 nitrogen and oxygen atoms in total. The fourth-order valence-corrected chi connectivity index (χ4v) is 2.73. The highest BCUT2D eigenvalue weighted by Crippen LogP contribution is 2.16. The van der Waals surface area contributed by atoms with Crippen LogP contribution in [0.25, 0.3) is 11.0 Å². The van der Waals surface area contributed by atoms with Gasteiger partial charge >= 0.3 is 5.97 Å². The van der Waals surface area contributed by atoms with Crippen molar-refractivity contribution in [3.8, 4) is 0 Å². The number of hydrogen-bond donors (Lipinski definition) is 0. The third-order valence-corrected chi connectivity index (χ3v) is 3.77. The molecule has 96 valence electrons. The maximum Gasteiger partial charge on any atom is 0.319 e. The molecule has 0 aliphatic heterocycles. The maximum absolute atomic E-state index is 12.0. The average Bonchev–Trinajstić information content (AvgIpc) is 2.68. The second-order valence-electron chi connectivity index (χ2n) is 3.74. The van der Waals surface area contributed by atoms with Gasteiger partial charge in [0.15, 0.2) is 5.16 Å². The highest BCUT2D eigenvalue weighted by atomic mass is 32.2. The van der Waals surface area contributed by atoms with E-state index in [1.807, 2.05) is 24.3 Å². The number of para-hydroxylation sites is 2. The van der Waals surface area contributed by atoms with E-state index in [1.54, 1.807) is 18.5 Å². The summed E-state index contributed by atoms with van der Waals surface area (Å²) in [4.78, 5) is 15.6. The normalized spacial score (nSPS) is 12.6. The van der Waals surface area contributed by atoms with Crippen LogP contribution in [0.15, 0.2) is 29.4 Å². The van der Waals surface area contributed by atoms with E-state index in [9.17, 15) is 9.00 Å². The number of nitrogens with zero attached hydrogens (tertiary/aromatic N) is 2. The number of aryl methyl sites for hydroxylation is 1. The van der Waals surface area contributed by atoms with Gasteiger partial charge in [0, 0.05) is 7.05 Å². The van der Waals surface area contributed by atoms with Gasteiger partial charge in [0.2, 0.25) is 0 Å². The topological polar surface area (TPSA) is 61.2 Å². The minimum absolute atomic E-state index is 0.162. The smallest absolute Gasteiger partial charge is 0.319 e. The summed E-state index contributed by atoms with van der Waals surface area (Å²) >= 11 is 0. The summed E-state index contributed by atoms with van der Waals surface area (Å²) in [6.45, 7) is 2.01. The quantitative estimate of drug-likeness (QED) is 0.781. The lowest BCUT2D eigenvalue weighted by molar-refractivity contribution is -0.139. The third kappa shape index (κ3) is 2.43. The van der Waals surface area contributed by atoms with Crippen molar-refractivity contribution in [2.24, 2.45) is 7.05 Å². The largest absolute Gasteiger partial charge is 0.465 e. The molecule has 0 aliphatic rings. The minimum atomic E-state index is -1.48. The Balaban J connectivity index is 2.28. The number of ether oxygens (including phenoxy) is 1. The fraction of sp³-hybridized carbons (Fsp3) is 0.333. The van der Waals surface area contributed by atoms with Gasteiger partial charge in [0.25, 0.3) is 0 Å². The van der Waals surface area contributed by atoms with E-state index in [0.717, 1.165) is 11.0 Å². The number of fused-ring (bicyclic) bond motifs is 1. The van der Waals surface area contributed by atoms with E-state index in [0.29, 0.717) is 11.8 Å². The van der Waals surface area contributed by atoms with E-state index >= 15 is 0 Å². The molecule has 0 spiro atoms. The molecule has 1 aromatic carbocycles. The first-order chi connectivity index (χ1) is 8.63. The first-order valence-electron chi connectivity index (χ1n) is 5.59. The number of carbonyl (C=O) groups excluding carboxylic acids is 1. The van der Waals surface area contributed by atoms with E-state index in [1.165, 1.54) is 0 Å². The molecule has 0 saturated carbocycles. The van der Waals surface area contributed by atoms with Gasteiger partial charge in [-0.3, -0.25) is 9.00 Å². The maximum atomic E-state index is 12.0.